The summed E-state index contributed by atoms with van der Waals surface area (Å²) in [6.07, 6.45) is 4.49. The van der Waals surface area contributed by atoms with Gasteiger partial charge in [0.2, 0.25) is 0 Å². The molecule has 96 valence electrons. The highest BCUT2D eigenvalue weighted by molar-refractivity contribution is 5.93. The summed E-state index contributed by atoms with van der Waals surface area (Å²) in [6.45, 7) is 1.80. The van der Waals surface area contributed by atoms with Crippen LogP contribution in [0.15, 0.2) is 23.8 Å². The van der Waals surface area contributed by atoms with Crippen LogP contribution in [0.2, 0.25) is 0 Å². The van der Waals surface area contributed by atoms with E-state index in [0.29, 0.717) is 12.0 Å². The first kappa shape index (κ1) is 10.7. The van der Waals surface area contributed by atoms with Crippen LogP contribution in [0.25, 0.3) is 0 Å². The average Bonchev–Trinajstić information content (AvgIpc) is 2.89. The zero-order valence-electron chi connectivity index (χ0n) is 9.91. The number of allylic oxidation sites excluding steroid dienone is 2. The fourth-order valence-corrected chi connectivity index (χ4v) is 3.69. The third kappa shape index (κ3) is 1.06. The van der Waals surface area contributed by atoms with Gasteiger partial charge in [-0.3, -0.25) is 0 Å². The van der Waals surface area contributed by atoms with Gasteiger partial charge in [0.15, 0.2) is 18.2 Å². The molecule has 0 aromatic rings. The van der Waals surface area contributed by atoms with Gasteiger partial charge >= 0.3 is 5.97 Å². The van der Waals surface area contributed by atoms with E-state index in [1.54, 1.807) is 13.0 Å². The van der Waals surface area contributed by atoms with Crippen molar-refractivity contribution in [2.24, 2.45) is 11.8 Å². The fraction of sp³-hybridized carbons (Fsp3) is 0.615. The second kappa shape index (κ2) is 3.23. The molecule has 1 N–H and O–H groups in total. The van der Waals surface area contributed by atoms with Crippen molar-refractivity contribution in [2.75, 3.05) is 0 Å². The van der Waals surface area contributed by atoms with E-state index >= 15 is 0 Å². The van der Waals surface area contributed by atoms with Crippen molar-refractivity contribution in [3.05, 3.63) is 23.8 Å². The van der Waals surface area contributed by atoms with E-state index in [9.17, 15) is 9.90 Å². The van der Waals surface area contributed by atoms with Gasteiger partial charge in [-0.2, -0.15) is 0 Å². The van der Waals surface area contributed by atoms with E-state index in [0.717, 1.165) is 0 Å². The van der Waals surface area contributed by atoms with Crippen LogP contribution in [-0.2, 0) is 19.0 Å². The maximum absolute atomic E-state index is 11.8. The second-order valence-corrected chi connectivity index (χ2v) is 5.25. The van der Waals surface area contributed by atoms with Crippen LogP contribution in [0.4, 0.5) is 0 Å². The summed E-state index contributed by atoms with van der Waals surface area (Å²) in [6, 6.07) is 0. The van der Waals surface area contributed by atoms with Crippen molar-refractivity contribution < 1.29 is 24.1 Å². The minimum absolute atomic E-state index is 0.0349. The molecular weight excluding hydrogens is 236 g/mol. The molecule has 6 atom stereocenters. The lowest BCUT2D eigenvalue weighted by atomic mass is 9.80. The highest BCUT2D eigenvalue weighted by Gasteiger charge is 2.69. The predicted molar refractivity (Wildman–Crippen MR) is 59.1 cm³/mol. The van der Waals surface area contributed by atoms with Crippen LogP contribution in [-0.4, -0.2) is 35.4 Å². The summed E-state index contributed by atoms with van der Waals surface area (Å²) in [4.78, 5) is 11.8. The molecule has 5 nitrogen and oxygen atoms in total. The standard InChI is InChI=1S/C13H14O5/c1-2-7-10-13(18-11(7)15)4-3-6-5-8(14)16-12(17-10)9(6)13/h2-4,6,8-10,12,14H,5H2,1H3/b7-2-/t6-,8+,9-,10+,12-,13+/m1/s1. The van der Waals surface area contributed by atoms with Crippen molar-refractivity contribution >= 4 is 5.97 Å². The molecule has 0 saturated carbocycles. The topological polar surface area (TPSA) is 65.0 Å². The van der Waals surface area contributed by atoms with Gasteiger partial charge in [-0.25, -0.2) is 4.79 Å². The lowest BCUT2D eigenvalue weighted by molar-refractivity contribution is -0.263. The molecule has 4 aliphatic rings. The van der Waals surface area contributed by atoms with E-state index < -0.39 is 24.3 Å². The van der Waals surface area contributed by atoms with E-state index in [-0.39, 0.29) is 17.8 Å². The molecule has 3 heterocycles. The van der Waals surface area contributed by atoms with Crippen molar-refractivity contribution in [2.45, 2.75) is 37.6 Å². The van der Waals surface area contributed by atoms with Gasteiger partial charge in [0, 0.05) is 6.42 Å². The number of aliphatic hydroxyl groups excluding tert-OH is 1. The van der Waals surface area contributed by atoms with Gasteiger partial charge in [-0.05, 0) is 18.9 Å². The normalized spacial score (nSPS) is 54.7. The molecule has 0 aromatic heterocycles. The Hall–Kier alpha value is -1.17. The molecule has 4 rings (SSSR count). The Bertz CT molecular complexity index is 482. The summed E-state index contributed by atoms with van der Waals surface area (Å²) in [5.74, 6) is -0.197. The number of hydrogen-bond donors (Lipinski definition) is 1. The Morgan fingerprint density at radius 1 is 1.50 bits per heavy atom. The minimum atomic E-state index is -0.806. The third-order valence-electron chi connectivity index (χ3n) is 4.42. The van der Waals surface area contributed by atoms with Crippen LogP contribution in [0, 0.1) is 11.8 Å². The summed E-state index contributed by atoms with van der Waals surface area (Å²) < 4.78 is 16.8. The quantitative estimate of drug-likeness (QED) is 0.385. The van der Waals surface area contributed by atoms with Gasteiger partial charge in [0.1, 0.15) is 6.10 Å². The molecule has 18 heavy (non-hydrogen) atoms. The van der Waals surface area contributed by atoms with Gasteiger partial charge < -0.3 is 19.3 Å². The molecule has 0 amide bonds. The zero-order valence-corrected chi connectivity index (χ0v) is 9.91. The number of carbonyl (C=O) groups is 1. The first-order chi connectivity index (χ1) is 8.65. The van der Waals surface area contributed by atoms with Crippen LogP contribution < -0.4 is 0 Å². The maximum atomic E-state index is 11.8. The molecule has 0 bridgehead atoms. The number of ether oxygens (including phenoxy) is 3. The first-order valence-corrected chi connectivity index (χ1v) is 6.23. The summed E-state index contributed by atoms with van der Waals surface area (Å²) >= 11 is 0. The molecule has 0 radical (unpaired) electrons. The van der Waals surface area contributed by atoms with Crippen LogP contribution in [0.5, 0.6) is 0 Å². The minimum Gasteiger partial charge on any atom is -0.448 e. The van der Waals surface area contributed by atoms with Crippen molar-refractivity contribution in [1.29, 1.82) is 0 Å². The molecule has 1 aliphatic carbocycles. The molecule has 3 saturated heterocycles. The lowest BCUT2D eigenvalue weighted by Crippen LogP contribution is -2.45. The maximum Gasteiger partial charge on any atom is 0.337 e. The largest absolute Gasteiger partial charge is 0.448 e. The number of hydrogen-bond acceptors (Lipinski definition) is 5. The number of carbonyl (C=O) groups excluding carboxylic acids is 1. The summed E-state index contributed by atoms with van der Waals surface area (Å²) in [7, 11) is 0. The van der Waals surface area contributed by atoms with Crippen LogP contribution >= 0.6 is 0 Å². The summed E-state index contributed by atoms with van der Waals surface area (Å²) in [5, 5.41) is 9.65. The molecule has 1 spiro atoms. The van der Waals surface area contributed by atoms with Gasteiger partial charge in [-0.15, -0.1) is 0 Å². The number of rotatable bonds is 0. The van der Waals surface area contributed by atoms with E-state index in [1.165, 1.54) is 0 Å². The van der Waals surface area contributed by atoms with Crippen molar-refractivity contribution in [1.82, 2.24) is 0 Å². The Morgan fingerprint density at radius 2 is 2.33 bits per heavy atom. The van der Waals surface area contributed by atoms with Crippen LogP contribution in [0.3, 0.4) is 0 Å². The van der Waals surface area contributed by atoms with Crippen molar-refractivity contribution in [3.8, 4) is 0 Å². The lowest BCUT2D eigenvalue weighted by Gasteiger charge is -2.35. The Morgan fingerprint density at radius 3 is 3.11 bits per heavy atom. The number of aliphatic hydroxyl groups is 1. The Balaban J connectivity index is 1.80. The van der Waals surface area contributed by atoms with Gasteiger partial charge in [0.05, 0.1) is 11.5 Å². The number of esters is 1. The van der Waals surface area contributed by atoms with Gasteiger partial charge in [-0.1, -0.05) is 12.2 Å². The monoisotopic (exact) mass is 250 g/mol. The molecule has 5 heteroatoms. The molecule has 3 aliphatic heterocycles. The predicted octanol–water partition coefficient (Wildman–Crippen LogP) is 0.494. The van der Waals surface area contributed by atoms with E-state index in [4.69, 9.17) is 14.2 Å². The SMILES string of the molecule is C/C=C1\C(=O)O[C@]23C=C[C@@H]4C[C@@H](O)O[C@H](O[C@@H]12)[C@@H]43. The Labute approximate surface area is 104 Å². The summed E-state index contributed by atoms with van der Waals surface area (Å²) in [5.41, 5.74) is -0.165. The molecule has 0 aromatic carbocycles. The molecule has 3 fully saturated rings. The first-order valence-electron chi connectivity index (χ1n) is 6.23. The van der Waals surface area contributed by atoms with Crippen LogP contribution in [0.1, 0.15) is 13.3 Å². The zero-order chi connectivity index (χ0) is 12.5. The third-order valence-corrected chi connectivity index (χ3v) is 4.42. The highest BCUT2D eigenvalue weighted by Crippen LogP contribution is 2.57. The fourth-order valence-electron chi connectivity index (χ4n) is 3.69. The Kier molecular flexibility index (Phi) is 1.92. The van der Waals surface area contributed by atoms with Crippen molar-refractivity contribution in [3.63, 3.8) is 0 Å². The second-order valence-electron chi connectivity index (χ2n) is 5.25. The highest BCUT2D eigenvalue weighted by atomic mass is 16.8. The van der Waals surface area contributed by atoms with E-state index in [1.807, 2.05) is 12.2 Å². The average molecular weight is 250 g/mol. The smallest absolute Gasteiger partial charge is 0.337 e. The molecule has 0 unspecified atom stereocenters. The molecular formula is C13H14O5. The van der Waals surface area contributed by atoms with E-state index in [2.05, 4.69) is 0 Å². The van der Waals surface area contributed by atoms with Gasteiger partial charge in [0.25, 0.3) is 0 Å².